The molecule has 2 unspecified atom stereocenters. The van der Waals surface area contributed by atoms with Crippen LogP contribution in [0.15, 0.2) is 95.4 Å². The average molecular weight is 709 g/mol. The number of aliphatic imine (C=N–C) groups is 2. The van der Waals surface area contributed by atoms with Crippen LogP contribution in [0.2, 0.25) is 20.1 Å². The van der Waals surface area contributed by atoms with E-state index in [0.717, 1.165) is 28.7 Å². The minimum atomic E-state index is -0.163. The number of nitrogens with zero attached hydrogens (tertiary/aromatic N) is 4. The molecule has 45 heavy (non-hydrogen) atoms. The van der Waals surface area contributed by atoms with Crippen molar-refractivity contribution in [3.63, 3.8) is 0 Å². The first-order valence-corrected chi connectivity index (χ1v) is 15.8. The lowest BCUT2D eigenvalue weighted by Crippen LogP contribution is -2.30. The van der Waals surface area contributed by atoms with Crippen molar-refractivity contribution in [2.75, 3.05) is 25.6 Å². The molecule has 5 rings (SSSR count). The Balaban J connectivity index is 0.000000213. The Morgan fingerprint density at radius 2 is 1.40 bits per heavy atom. The first-order valence-electron chi connectivity index (χ1n) is 13.8. The van der Waals surface area contributed by atoms with E-state index in [1.165, 1.54) is 6.08 Å². The lowest BCUT2D eigenvalue weighted by molar-refractivity contribution is 0.325. The minimum Gasteiger partial charge on any atom is -0.463 e. The third-order valence-corrected chi connectivity index (χ3v) is 8.11. The number of nitrogens with one attached hydrogen (secondary N) is 1. The summed E-state index contributed by atoms with van der Waals surface area (Å²) in [4.78, 5) is 24.7. The number of ether oxygens (including phenoxy) is 1. The number of nitrogens with two attached hydrogens (primary N) is 1. The fourth-order valence-electron chi connectivity index (χ4n) is 4.13. The van der Waals surface area contributed by atoms with Crippen molar-refractivity contribution < 1.29 is 9.53 Å². The van der Waals surface area contributed by atoms with Crippen molar-refractivity contribution >= 4 is 70.1 Å². The molecule has 2 aromatic heterocycles. The summed E-state index contributed by atoms with van der Waals surface area (Å²) in [6.07, 6.45) is 9.85. The lowest BCUT2D eigenvalue weighted by Gasteiger charge is -2.21. The molecule has 8 nitrogen and oxygen atoms in total. The van der Waals surface area contributed by atoms with Crippen LogP contribution in [0.3, 0.4) is 0 Å². The number of hydrogen-bond donors (Lipinski definition) is 2. The first-order chi connectivity index (χ1) is 21.8. The maximum atomic E-state index is 9.21. The van der Waals surface area contributed by atoms with Gasteiger partial charge in [0.15, 0.2) is 0 Å². The van der Waals surface area contributed by atoms with E-state index in [0.29, 0.717) is 58.1 Å². The van der Waals surface area contributed by atoms with Gasteiger partial charge in [-0.15, -0.1) is 11.6 Å². The van der Waals surface area contributed by atoms with Crippen molar-refractivity contribution in [2.45, 2.75) is 24.9 Å². The molecule has 1 aliphatic heterocycles. The Morgan fingerprint density at radius 3 is 1.91 bits per heavy atom. The van der Waals surface area contributed by atoms with E-state index in [2.05, 4.69) is 25.3 Å². The SMILES string of the molecule is Clc1cccc(C(Cc2ccncc2)NC2=NCCO2)c1Cl.NC(Cc1ccncc1)c1cccc(Cl)c1Cl.O=C=NCCCl. The zero-order chi connectivity index (χ0) is 32.4. The van der Waals surface area contributed by atoms with Crippen LogP contribution in [0, 0.1) is 0 Å². The van der Waals surface area contributed by atoms with Gasteiger partial charge in [-0.3, -0.25) is 9.97 Å². The van der Waals surface area contributed by atoms with Crippen molar-refractivity contribution in [2.24, 2.45) is 15.7 Å². The second-order valence-corrected chi connectivity index (χ2v) is 11.4. The molecule has 3 N–H and O–H groups in total. The summed E-state index contributed by atoms with van der Waals surface area (Å²) < 4.78 is 5.46. The van der Waals surface area contributed by atoms with E-state index in [1.54, 1.807) is 36.9 Å². The van der Waals surface area contributed by atoms with Gasteiger partial charge in [-0.1, -0.05) is 70.7 Å². The molecule has 0 spiro atoms. The molecule has 0 saturated carbocycles. The Morgan fingerprint density at radius 1 is 0.844 bits per heavy atom. The Bertz CT molecular complexity index is 1560. The van der Waals surface area contributed by atoms with Crippen molar-refractivity contribution in [3.05, 3.63) is 128 Å². The molecular weight excluding hydrogens is 678 g/mol. The van der Waals surface area contributed by atoms with E-state index >= 15 is 0 Å². The molecule has 0 bridgehead atoms. The van der Waals surface area contributed by atoms with E-state index in [-0.39, 0.29) is 12.1 Å². The Hall–Kier alpha value is -3.20. The van der Waals surface area contributed by atoms with E-state index in [4.69, 9.17) is 68.5 Å². The van der Waals surface area contributed by atoms with Gasteiger partial charge < -0.3 is 15.8 Å². The number of hydrogen-bond acceptors (Lipinski definition) is 8. The van der Waals surface area contributed by atoms with Gasteiger partial charge >= 0.3 is 0 Å². The molecule has 4 aromatic rings. The smallest absolute Gasteiger partial charge is 0.285 e. The third kappa shape index (κ3) is 12.3. The van der Waals surface area contributed by atoms with E-state index in [1.807, 2.05) is 48.5 Å². The van der Waals surface area contributed by atoms with Gasteiger partial charge in [-0.2, -0.15) is 0 Å². The van der Waals surface area contributed by atoms with Crippen LogP contribution < -0.4 is 11.1 Å². The molecular formula is C32H31Cl5N6O2. The van der Waals surface area contributed by atoms with Gasteiger partial charge in [0.2, 0.25) is 6.08 Å². The summed E-state index contributed by atoms with van der Waals surface area (Å²) >= 11 is 29.7. The summed E-state index contributed by atoms with van der Waals surface area (Å²) in [6, 6.07) is 19.3. The van der Waals surface area contributed by atoms with E-state index < -0.39 is 0 Å². The topological polar surface area (TPSA) is 115 Å². The summed E-state index contributed by atoms with van der Waals surface area (Å²) in [5.74, 6) is 0.398. The highest BCUT2D eigenvalue weighted by Crippen LogP contribution is 2.32. The normalized spacial score (nSPS) is 13.0. The predicted molar refractivity (Wildman–Crippen MR) is 184 cm³/mol. The number of amidine groups is 1. The standard InChI is InChI=1S/C16H15Cl2N3O.C13H12Cl2N2.C3H4ClNO/c17-13-3-1-2-12(15(13)18)14(21-16-20-8-9-22-16)10-11-4-6-19-7-5-11;14-11-3-1-2-10(13(11)15)12(16)8-9-4-6-17-7-5-9;4-1-2-5-3-6/h1-7,14H,8-10H2,(H,20,21);1-7,12H,8,16H2;1-2H2. The Kier molecular flexibility index (Phi) is 16.1. The van der Waals surface area contributed by atoms with Crippen LogP contribution in [0.1, 0.15) is 34.3 Å². The monoisotopic (exact) mass is 706 g/mol. The Labute approximate surface area is 287 Å². The molecule has 2 atom stereocenters. The quantitative estimate of drug-likeness (QED) is 0.104. The number of alkyl halides is 1. The highest BCUT2D eigenvalue weighted by molar-refractivity contribution is 6.43. The van der Waals surface area contributed by atoms with Gasteiger partial charge in [-0.05, 0) is 71.5 Å². The van der Waals surface area contributed by atoms with Gasteiger partial charge in [-0.25, -0.2) is 14.8 Å². The van der Waals surface area contributed by atoms with Crippen molar-refractivity contribution in [3.8, 4) is 0 Å². The molecule has 0 aliphatic carbocycles. The van der Waals surface area contributed by atoms with Crippen LogP contribution in [-0.4, -0.2) is 47.6 Å². The average Bonchev–Trinajstić information content (AvgIpc) is 3.57. The van der Waals surface area contributed by atoms with Gasteiger partial charge in [0.25, 0.3) is 6.02 Å². The predicted octanol–water partition coefficient (Wildman–Crippen LogP) is 7.84. The van der Waals surface area contributed by atoms with Gasteiger partial charge in [0.05, 0.1) is 39.2 Å². The molecule has 0 amide bonds. The van der Waals surface area contributed by atoms with Crippen LogP contribution >= 0.6 is 58.0 Å². The maximum absolute atomic E-state index is 9.21. The minimum absolute atomic E-state index is 0.0783. The summed E-state index contributed by atoms with van der Waals surface area (Å²) in [5, 5.41) is 5.47. The molecule has 0 fully saturated rings. The molecule has 3 heterocycles. The third-order valence-electron chi connectivity index (χ3n) is 6.28. The number of isocyanates is 1. The number of halogens is 5. The maximum Gasteiger partial charge on any atom is 0.285 e. The van der Waals surface area contributed by atoms with Gasteiger partial charge in [0, 0.05) is 36.7 Å². The molecule has 13 heteroatoms. The number of rotatable bonds is 9. The number of benzene rings is 2. The summed E-state index contributed by atoms with van der Waals surface area (Å²) in [7, 11) is 0. The number of aromatic nitrogens is 2. The fraction of sp³-hybridized carbons (Fsp3) is 0.250. The number of carbonyl (C=O) groups excluding carboxylic acids is 1. The molecule has 1 aliphatic rings. The molecule has 0 radical (unpaired) electrons. The van der Waals surface area contributed by atoms with Gasteiger partial charge in [0.1, 0.15) is 6.61 Å². The highest BCUT2D eigenvalue weighted by atomic mass is 35.5. The molecule has 236 valence electrons. The zero-order valence-corrected chi connectivity index (χ0v) is 27.8. The number of pyridine rings is 2. The van der Waals surface area contributed by atoms with Crippen LogP contribution in [-0.2, 0) is 22.4 Å². The summed E-state index contributed by atoms with van der Waals surface area (Å²) in [5.41, 5.74) is 10.2. The second kappa shape index (κ2) is 20.0. The fourth-order valence-corrected chi connectivity index (χ4v) is 5.10. The van der Waals surface area contributed by atoms with Crippen LogP contribution in [0.25, 0.3) is 0 Å². The molecule has 2 aromatic carbocycles. The summed E-state index contributed by atoms with van der Waals surface area (Å²) in [6.45, 7) is 1.66. The van der Waals surface area contributed by atoms with Crippen LogP contribution in [0.4, 0.5) is 0 Å². The van der Waals surface area contributed by atoms with Crippen molar-refractivity contribution in [1.29, 1.82) is 0 Å². The van der Waals surface area contributed by atoms with Crippen LogP contribution in [0.5, 0.6) is 0 Å². The van der Waals surface area contributed by atoms with Crippen molar-refractivity contribution in [1.82, 2.24) is 15.3 Å². The highest BCUT2D eigenvalue weighted by Gasteiger charge is 2.20. The second-order valence-electron chi connectivity index (χ2n) is 9.41. The lowest BCUT2D eigenvalue weighted by atomic mass is 9.99. The zero-order valence-electron chi connectivity index (χ0n) is 24.1. The first kappa shape index (κ1) is 36.3. The van der Waals surface area contributed by atoms with E-state index in [9.17, 15) is 4.79 Å². The largest absolute Gasteiger partial charge is 0.463 e. The molecule has 0 saturated heterocycles.